The van der Waals surface area contributed by atoms with Gasteiger partial charge in [0.2, 0.25) is 0 Å². The fourth-order valence-corrected chi connectivity index (χ4v) is 0.945. The fourth-order valence-electron chi connectivity index (χ4n) is 0.945. The van der Waals surface area contributed by atoms with Gasteiger partial charge in [0.25, 0.3) is 0 Å². The van der Waals surface area contributed by atoms with E-state index in [4.69, 9.17) is 4.74 Å². The summed E-state index contributed by atoms with van der Waals surface area (Å²) in [5.74, 6) is 0.884. The van der Waals surface area contributed by atoms with Crippen LogP contribution in [-0.4, -0.2) is 12.1 Å². The van der Waals surface area contributed by atoms with Gasteiger partial charge in [-0.1, -0.05) is 33.7 Å². The van der Waals surface area contributed by atoms with Crippen molar-refractivity contribution in [1.82, 2.24) is 4.98 Å². The Morgan fingerprint density at radius 3 is 2.33 bits per heavy atom. The molecule has 1 aromatic heterocycles. The van der Waals surface area contributed by atoms with E-state index in [2.05, 4.69) is 11.2 Å². The number of methoxy groups -OCH3 is 1. The summed E-state index contributed by atoms with van der Waals surface area (Å²) in [4.78, 5) is 3.89. The molecule has 0 aromatic carbocycles. The third-order valence-electron chi connectivity index (χ3n) is 1.39. The Labute approximate surface area is 96.6 Å². The Hall–Kier alpha value is -0.0500. The van der Waals surface area contributed by atoms with Crippen LogP contribution in [0, 0.1) is 20.0 Å². The number of hydrogen-bond donors (Lipinski definition) is 0. The molecule has 0 spiro atoms. The molecule has 0 atom stereocenters. The zero-order valence-corrected chi connectivity index (χ0v) is 9.43. The number of aromatic nitrogens is 1. The number of nitrogens with zero attached hydrogens (tertiary/aromatic N) is 1. The summed E-state index contributed by atoms with van der Waals surface area (Å²) in [5, 5.41) is 0. The van der Waals surface area contributed by atoms with Crippen molar-refractivity contribution in [3.8, 4) is 5.75 Å². The van der Waals surface area contributed by atoms with Gasteiger partial charge in [0.1, 0.15) is 0 Å². The van der Waals surface area contributed by atoms with Crippen molar-refractivity contribution in [2.45, 2.75) is 21.3 Å². The third kappa shape index (κ3) is 3.13. The van der Waals surface area contributed by atoms with Gasteiger partial charge in [-0.3, -0.25) is 0 Å². The molecule has 0 aliphatic heterocycles. The topological polar surface area (TPSA) is 22.1 Å². The fraction of sp³-hybridized carbons (Fsp3) is 0.444. The summed E-state index contributed by atoms with van der Waals surface area (Å²) >= 11 is 0. The van der Waals surface area contributed by atoms with Crippen LogP contribution in [0.25, 0.3) is 0 Å². The number of hydrogen-bond acceptors (Lipinski definition) is 2. The van der Waals surface area contributed by atoms with Crippen LogP contribution in [0.1, 0.15) is 18.6 Å². The molecule has 3 heteroatoms. The van der Waals surface area contributed by atoms with Gasteiger partial charge in [0, 0.05) is 5.75 Å². The number of ether oxygens (including phenoxy) is 1. The van der Waals surface area contributed by atoms with Crippen molar-refractivity contribution in [2.24, 2.45) is 0 Å². The predicted octanol–water partition coefficient (Wildman–Crippen LogP) is -0.853. The van der Waals surface area contributed by atoms with E-state index < -0.39 is 0 Å². The largest absolute Gasteiger partial charge is 1.00 e. The number of pyridine rings is 1. The Bertz CT molecular complexity index is 218. The van der Waals surface area contributed by atoms with Gasteiger partial charge in [0.15, 0.2) is 0 Å². The number of aryl methyl sites for hydroxylation is 2. The second-order valence-corrected chi connectivity index (χ2v) is 2.21. The van der Waals surface area contributed by atoms with E-state index in [1.165, 1.54) is 0 Å². The van der Waals surface area contributed by atoms with Crippen molar-refractivity contribution in [2.75, 3.05) is 7.11 Å². The maximum absolute atomic E-state index is 5.10. The smallest absolute Gasteiger partial charge is 0.554 e. The molecule has 1 aromatic rings. The Morgan fingerprint density at radius 2 is 2.00 bits per heavy atom. The minimum atomic E-state index is 0. The van der Waals surface area contributed by atoms with E-state index in [1.807, 2.05) is 13.8 Å². The zero-order chi connectivity index (χ0) is 7.56. The standard InChI is InChI=1S/C8H10NO.CH4.Na/c1-6-4-9-5-7(2)8(6)10-3;;/h4H,1-3H3;1H4;/q-1;;+1. The van der Waals surface area contributed by atoms with Crippen molar-refractivity contribution < 1.29 is 34.3 Å². The van der Waals surface area contributed by atoms with E-state index in [-0.39, 0.29) is 37.0 Å². The summed E-state index contributed by atoms with van der Waals surface area (Å²) in [6, 6.07) is 0. The first-order valence-electron chi connectivity index (χ1n) is 3.13. The molecule has 12 heavy (non-hydrogen) atoms. The SMILES string of the molecule is C.COc1c(C)[c-]ncc1C.[Na+]. The molecule has 0 fully saturated rings. The minimum Gasteiger partial charge on any atom is -0.554 e. The first kappa shape index (κ1) is 14.5. The van der Waals surface area contributed by atoms with Crippen molar-refractivity contribution in [1.29, 1.82) is 0 Å². The first-order chi connectivity index (χ1) is 4.75. The second-order valence-electron chi connectivity index (χ2n) is 2.21. The summed E-state index contributed by atoms with van der Waals surface area (Å²) in [6.45, 7) is 3.89. The van der Waals surface area contributed by atoms with Gasteiger partial charge in [-0.15, -0.1) is 11.1 Å². The summed E-state index contributed by atoms with van der Waals surface area (Å²) in [7, 11) is 1.66. The average molecular weight is 175 g/mol. The van der Waals surface area contributed by atoms with E-state index in [0.29, 0.717) is 0 Å². The van der Waals surface area contributed by atoms with Gasteiger partial charge in [-0.05, 0) is 0 Å². The monoisotopic (exact) mass is 175 g/mol. The van der Waals surface area contributed by atoms with Crippen molar-refractivity contribution >= 4 is 0 Å². The van der Waals surface area contributed by atoms with Crippen LogP contribution in [0.5, 0.6) is 5.75 Å². The minimum absolute atomic E-state index is 0. The molecule has 0 unspecified atom stereocenters. The van der Waals surface area contributed by atoms with E-state index in [1.54, 1.807) is 13.3 Å². The van der Waals surface area contributed by atoms with E-state index >= 15 is 0 Å². The van der Waals surface area contributed by atoms with Crippen LogP contribution in [0.2, 0.25) is 0 Å². The van der Waals surface area contributed by atoms with Gasteiger partial charge in [0.05, 0.1) is 7.11 Å². The van der Waals surface area contributed by atoms with Crippen LogP contribution in [0.4, 0.5) is 0 Å². The quantitative estimate of drug-likeness (QED) is 0.409. The van der Waals surface area contributed by atoms with Gasteiger partial charge < -0.3 is 9.72 Å². The molecule has 0 saturated heterocycles. The molecule has 1 heterocycles. The van der Waals surface area contributed by atoms with Gasteiger partial charge in [-0.25, -0.2) is 0 Å². The van der Waals surface area contributed by atoms with Crippen LogP contribution in [0.15, 0.2) is 6.20 Å². The Balaban J connectivity index is 0. The third-order valence-corrected chi connectivity index (χ3v) is 1.39. The maximum atomic E-state index is 5.10. The molecule has 0 amide bonds. The molecule has 0 saturated carbocycles. The molecule has 0 radical (unpaired) electrons. The Kier molecular flexibility index (Phi) is 7.80. The number of rotatable bonds is 1. The normalized spacial score (nSPS) is 7.92. The molecule has 62 valence electrons. The molecule has 0 bridgehead atoms. The molecular weight excluding hydrogens is 161 g/mol. The van der Waals surface area contributed by atoms with Crippen molar-refractivity contribution in [3.05, 3.63) is 23.5 Å². The summed E-state index contributed by atoms with van der Waals surface area (Å²) in [5.41, 5.74) is 2.02. The predicted molar refractivity (Wildman–Crippen MR) is 45.8 cm³/mol. The maximum Gasteiger partial charge on any atom is 1.00 e. The molecule has 2 nitrogen and oxygen atoms in total. The molecule has 1 rings (SSSR count). The van der Waals surface area contributed by atoms with Gasteiger partial charge >= 0.3 is 29.6 Å². The van der Waals surface area contributed by atoms with E-state index in [0.717, 1.165) is 16.9 Å². The van der Waals surface area contributed by atoms with Crippen LogP contribution in [-0.2, 0) is 0 Å². The average Bonchev–Trinajstić information content (AvgIpc) is 1.88. The molecule has 0 N–H and O–H groups in total. The summed E-state index contributed by atoms with van der Waals surface area (Å²) in [6.07, 6.45) is 4.56. The van der Waals surface area contributed by atoms with Crippen LogP contribution >= 0.6 is 0 Å². The second kappa shape index (κ2) is 6.46. The van der Waals surface area contributed by atoms with Crippen LogP contribution in [0.3, 0.4) is 0 Å². The Morgan fingerprint density at radius 1 is 1.42 bits per heavy atom. The molecule has 0 aliphatic carbocycles. The van der Waals surface area contributed by atoms with Crippen LogP contribution < -0.4 is 34.3 Å². The van der Waals surface area contributed by atoms with Crippen molar-refractivity contribution in [3.63, 3.8) is 0 Å². The molecule has 0 aliphatic rings. The first-order valence-corrected chi connectivity index (χ1v) is 3.13. The van der Waals surface area contributed by atoms with Gasteiger partial charge in [-0.2, -0.15) is 0 Å². The van der Waals surface area contributed by atoms with E-state index in [9.17, 15) is 0 Å². The zero-order valence-electron chi connectivity index (χ0n) is 7.43. The summed E-state index contributed by atoms with van der Waals surface area (Å²) < 4.78 is 5.10. The molecular formula is C9H14NNaO.